The number of nitrogens with one attached hydrogen (secondary N) is 2. The first kappa shape index (κ1) is 12.1. The molecule has 0 unspecified atom stereocenters. The van der Waals surface area contributed by atoms with E-state index in [0.717, 1.165) is 0 Å². The second-order valence-corrected chi connectivity index (χ2v) is 3.63. The topological polar surface area (TPSA) is 108 Å². The Morgan fingerprint density at radius 2 is 2.22 bits per heavy atom. The van der Waals surface area contributed by atoms with Crippen LogP contribution in [0.15, 0.2) is 24.4 Å². The van der Waals surface area contributed by atoms with E-state index < -0.39 is 11.9 Å². The van der Waals surface area contributed by atoms with Crippen molar-refractivity contribution >= 4 is 29.3 Å². The van der Waals surface area contributed by atoms with Gasteiger partial charge >= 0.3 is 5.97 Å². The molecule has 92 valence electrons. The lowest BCUT2D eigenvalue weighted by Gasteiger charge is -2.02. The first-order chi connectivity index (χ1) is 8.58. The van der Waals surface area contributed by atoms with Crippen molar-refractivity contribution in [2.75, 3.05) is 5.32 Å². The molecule has 18 heavy (non-hydrogen) atoms. The maximum absolute atomic E-state index is 11.8. The van der Waals surface area contributed by atoms with Crippen molar-refractivity contribution < 1.29 is 14.7 Å². The number of nitrogens with zero attached hydrogens (tertiary/aromatic N) is 2. The highest BCUT2D eigenvalue weighted by Crippen LogP contribution is 2.14. The number of aromatic carboxylic acids is 1. The molecule has 0 aromatic carbocycles. The Labute approximate surface area is 106 Å². The minimum absolute atomic E-state index is 0.0593. The van der Waals surface area contributed by atoms with E-state index >= 15 is 0 Å². The SMILES string of the molecule is O=C(O)c1cc(NC(=O)c2cccnc2Cl)n[nH]1. The van der Waals surface area contributed by atoms with Gasteiger partial charge in [0.05, 0.1) is 5.56 Å². The summed E-state index contributed by atoms with van der Waals surface area (Å²) in [7, 11) is 0. The van der Waals surface area contributed by atoms with E-state index in [2.05, 4.69) is 20.5 Å². The van der Waals surface area contributed by atoms with Gasteiger partial charge in [-0.25, -0.2) is 9.78 Å². The molecule has 2 rings (SSSR count). The Hall–Kier alpha value is -2.41. The quantitative estimate of drug-likeness (QED) is 0.728. The lowest BCUT2D eigenvalue weighted by Crippen LogP contribution is -2.13. The molecule has 0 bridgehead atoms. The van der Waals surface area contributed by atoms with Gasteiger partial charge in [0.25, 0.3) is 5.91 Å². The van der Waals surface area contributed by atoms with Crippen molar-refractivity contribution in [1.82, 2.24) is 15.2 Å². The van der Waals surface area contributed by atoms with E-state index in [-0.39, 0.29) is 22.2 Å². The second kappa shape index (κ2) is 4.84. The molecule has 2 aromatic heterocycles. The zero-order valence-electron chi connectivity index (χ0n) is 8.85. The van der Waals surface area contributed by atoms with Gasteiger partial charge in [-0.3, -0.25) is 9.89 Å². The average molecular weight is 267 g/mol. The lowest BCUT2D eigenvalue weighted by molar-refractivity contribution is 0.0690. The number of hydrogen-bond acceptors (Lipinski definition) is 4. The zero-order chi connectivity index (χ0) is 13.1. The molecule has 0 saturated heterocycles. The summed E-state index contributed by atoms with van der Waals surface area (Å²) in [6.45, 7) is 0. The summed E-state index contributed by atoms with van der Waals surface area (Å²) < 4.78 is 0. The van der Waals surface area contributed by atoms with Crippen molar-refractivity contribution in [3.05, 3.63) is 40.8 Å². The Morgan fingerprint density at radius 1 is 1.44 bits per heavy atom. The molecular weight excluding hydrogens is 260 g/mol. The molecule has 0 fully saturated rings. The molecule has 0 aliphatic heterocycles. The van der Waals surface area contributed by atoms with Gasteiger partial charge in [-0.05, 0) is 12.1 Å². The Balaban J connectivity index is 2.16. The number of H-pyrrole nitrogens is 1. The number of carboxylic acids is 1. The maximum Gasteiger partial charge on any atom is 0.353 e. The van der Waals surface area contributed by atoms with Crippen molar-refractivity contribution in [1.29, 1.82) is 0 Å². The summed E-state index contributed by atoms with van der Waals surface area (Å²) in [5.74, 6) is -1.59. The largest absolute Gasteiger partial charge is 0.477 e. The van der Waals surface area contributed by atoms with Gasteiger partial charge in [-0.15, -0.1) is 0 Å². The summed E-state index contributed by atoms with van der Waals surface area (Å²) in [6.07, 6.45) is 1.45. The van der Waals surface area contributed by atoms with Crippen molar-refractivity contribution in [3.63, 3.8) is 0 Å². The Bertz CT molecular complexity index is 611. The van der Waals surface area contributed by atoms with Crippen LogP contribution in [0.4, 0.5) is 5.82 Å². The fraction of sp³-hybridized carbons (Fsp3) is 0. The van der Waals surface area contributed by atoms with Crippen molar-refractivity contribution in [3.8, 4) is 0 Å². The van der Waals surface area contributed by atoms with Gasteiger partial charge in [-0.2, -0.15) is 5.10 Å². The van der Waals surface area contributed by atoms with Gasteiger partial charge in [-0.1, -0.05) is 11.6 Å². The number of carbonyl (C=O) groups excluding carboxylic acids is 1. The molecule has 0 radical (unpaired) electrons. The molecular formula is C10H7ClN4O3. The van der Waals surface area contributed by atoms with Crippen LogP contribution in [-0.4, -0.2) is 32.2 Å². The van der Waals surface area contributed by atoms with Crippen LogP contribution in [0.25, 0.3) is 0 Å². The summed E-state index contributed by atoms with van der Waals surface area (Å²) in [5.41, 5.74) is 0.0571. The van der Waals surface area contributed by atoms with E-state index in [4.69, 9.17) is 16.7 Å². The number of rotatable bonds is 3. The summed E-state index contributed by atoms with van der Waals surface area (Å²) >= 11 is 5.75. The van der Waals surface area contributed by atoms with E-state index in [1.54, 1.807) is 6.07 Å². The summed E-state index contributed by atoms with van der Waals surface area (Å²) in [4.78, 5) is 26.1. The molecule has 0 spiro atoms. The van der Waals surface area contributed by atoms with Gasteiger partial charge in [0.1, 0.15) is 10.8 Å². The number of anilines is 1. The predicted octanol–water partition coefficient (Wildman–Crippen LogP) is 1.41. The van der Waals surface area contributed by atoms with Crippen LogP contribution in [0.1, 0.15) is 20.8 Å². The molecule has 0 saturated carbocycles. The number of amides is 1. The normalized spacial score (nSPS) is 10.1. The number of hydrogen-bond donors (Lipinski definition) is 3. The van der Waals surface area contributed by atoms with Crippen LogP contribution in [0.3, 0.4) is 0 Å². The third-order valence-electron chi connectivity index (χ3n) is 2.05. The number of aromatic amines is 1. The lowest BCUT2D eigenvalue weighted by atomic mass is 10.2. The molecule has 3 N–H and O–H groups in total. The fourth-order valence-corrected chi connectivity index (χ4v) is 1.44. The van der Waals surface area contributed by atoms with Crippen LogP contribution in [0, 0.1) is 0 Å². The number of carboxylic acid groups (broad SMARTS) is 1. The van der Waals surface area contributed by atoms with Crippen LogP contribution < -0.4 is 5.32 Å². The second-order valence-electron chi connectivity index (χ2n) is 3.27. The Kier molecular flexibility index (Phi) is 3.24. The molecule has 2 heterocycles. The molecule has 1 amide bonds. The number of pyridine rings is 1. The van der Waals surface area contributed by atoms with E-state index in [9.17, 15) is 9.59 Å². The van der Waals surface area contributed by atoms with Crippen LogP contribution in [0.5, 0.6) is 0 Å². The molecule has 7 nitrogen and oxygen atoms in total. The van der Waals surface area contributed by atoms with Crippen LogP contribution in [0.2, 0.25) is 5.15 Å². The summed E-state index contributed by atoms with van der Waals surface area (Å²) in [6, 6.07) is 4.26. The standard InChI is InChI=1S/C10H7ClN4O3/c11-8-5(2-1-3-12-8)9(16)13-7-4-6(10(17)18)14-15-7/h1-4H,(H,17,18)(H2,13,14,15,16). The number of carbonyl (C=O) groups is 2. The maximum atomic E-state index is 11.8. The van der Waals surface area contributed by atoms with Crippen molar-refractivity contribution in [2.24, 2.45) is 0 Å². The molecule has 8 heteroatoms. The molecule has 0 aliphatic carbocycles. The Morgan fingerprint density at radius 3 is 2.83 bits per heavy atom. The minimum atomic E-state index is -1.16. The third-order valence-corrected chi connectivity index (χ3v) is 2.35. The summed E-state index contributed by atoms with van der Waals surface area (Å²) in [5, 5.41) is 17.0. The molecule has 2 aromatic rings. The van der Waals surface area contributed by atoms with Crippen LogP contribution >= 0.6 is 11.6 Å². The average Bonchev–Trinajstić information content (AvgIpc) is 2.78. The zero-order valence-corrected chi connectivity index (χ0v) is 9.60. The van der Waals surface area contributed by atoms with E-state index in [1.807, 2.05) is 0 Å². The van der Waals surface area contributed by atoms with Gasteiger partial charge < -0.3 is 10.4 Å². The minimum Gasteiger partial charge on any atom is -0.477 e. The number of aromatic nitrogens is 3. The highest BCUT2D eigenvalue weighted by Gasteiger charge is 2.14. The van der Waals surface area contributed by atoms with E-state index in [0.29, 0.717) is 0 Å². The van der Waals surface area contributed by atoms with Gasteiger partial charge in [0.15, 0.2) is 5.82 Å². The van der Waals surface area contributed by atoms with E-state index in [1.165, 1.54) is 18.3 Å². The number of halogens is 1. The van der Waals surface area contributed by atoms with Crippen molar-refractivity contribution in [2.45, 2.75) is 0 Å². The fourth-order valence-electron chi connectivity index (χ4n) is 1.23. The first-order valence-corrected chi connectivity index (χ1v) is 5.16. The highest BCUT2D eigenvalue weighted by atomic mass is 35.5. The monoisotopic (exact) mass is 266 g/mol. The van der Waals surface area contributed by atoms with Crippen LogP contribution in [-0.2, 0) is 0 Å². The molecule has 0 atom stereocenters. The predicted molar refractivity (Wildman–Crippen MR) is 62.7 cm³/mol. The smallest absolute Gasteiger partial charge is 0.353 e. The van der Waals surface area contributed by atoms with Gasteiger partial charge in [0.2, 0.25) is 0 Å². The molecule has 0 aliphatic rings. The third kappa shape index (κ3) is 2.46. The first-order valence-electron chi connectivity index (χ1n) is 4.78. The van der Waals surface area contributed by atoms with Gasteiger partial charge in [0, 0.05) is 12.3 Å². The highest BCUT2D eigenvalue weighted by molar-refractivity contribution is 6.33.